The van der Waals surface area contributed by atoms with Crippen LogP contribution in [0.4, 0.5) is 0 Å². The Morgan fingerprint density at radius 3 is 2.79 bits per heavy atom. The molecule has 1 fully saturated rings. The van der Waals surface area contributed by atoms with Crippen molar-refractivity contribution in [3.8, 4) is 0 Å². The third-order valence-corrected chi connectivity index (χ3v) is 4.05. The summed E-state index contributed by atoms with van der Waals surface area (Å²) in [7, 11) is 2.06. The van der Waals surface area contributed by atoms with Gasteiger partial charge in [-0.15, -0.1) is 11.8 Å². The maximum Gasteiger partial charge on any atom is 0.0278 e. The summed E-state index contributed by atoms with van der Waals surface area (Å²) < 4.78 is 0. The highest BCUT2D eigenvalue weighted by atomic mass is 32.2. The molecule has 0 amide bonds. The molecule has 3 heteroatoms. The molecular formula is C11H16N2S. The summed E-state index contributed by atoms with van der Waals surface area (Å²) in [6.45, 7) is 0. The van der Waals surface area contributed by atoms with Gasteiger partial charge in [0.1, 0.15) is 0 Å². The lowest BCUT2D eigenvalue weighted by Gasteiger charge is -2.09. The van der Waals surface area contributed by atoms with Crippen LogP contribution >= 0.6 is 11.8 Å². The highest BCUT2D eigenvalue weighted by molar-refractivity contribution is 8.00. The van der Waals surface area contributed by atoms with E-state index >= 15 is 0 Å². The normalized spacial score (nSPS) is 26.6. The number of hydrogen-bond donors (Lipinski definition) is 1. The number of pyridine rings is 1. The second-order valence-electron chi connectivity index (χ2n) is 3.72. The molecule has 0 bridgehead atoms. The fourth-order valence-corrected chi connectivity index (χ4v) is 3.16. The fourth-order valence-electron chi connectivity index (χ4n) is 1.92. The van der Waals surface area contributed by atoms with Crippen LogP contribution in [0.3, 0.4) is 0 Å². The summed E-state index contributed by atoms with van der Waals surface area (Å²) in [5.41, 5.74) is 0. The Morgan fingerprint density at radius 1 is 1.36 bits per heavy atom. The van der Waals surface area contributed by atoms with Crippen LogP contribution in [0.5, 0.6) is 0 Å². The zero-order chi connectivity index (χ0) is 9.80. The van der Waals surface area contributed by atoms with Gasteiger partial charge in [-0.2, -0.15) is 0 Å². The fraction of sp³-hybridized carbons (Fsp3) is 0.545. The minimum Gasteiger partial charge on any atom is -0.317 e. The molecule has 0 aliphatic heterocycles. The van der Waals surface area contributed by atoms with Gasteiger partial charge in [0.05, 0.1) is 0 Å². The van der Waals surface area contributed by atoms with Gasteiger partial charge in [-0.25, -0.2) is 0 Å². The largest absolute Gasteiger partial charge is 0.317 e. The zero-order valence-electron chi connectivity index (χ0n) is 8.44. The van der Waals surface area contributed by atoms with E-state index in [1.165, 1.54) is 24.2 Å². The van der Waals surface area contributed by atoms with E-state index in [9.17, 15) is 0 Å². The van der Waals surface area contributed by atoms with Crippen LogP contribution in [-0.4, -0.2) is 23.3 Å². The SMILES string of the molecule is CNC1CCC(Sc2ccncc2)C1. The van der Waals surface area contributed by atoms with Crippen LogP contribution in [0, 0.1) is 0 Å². The van der Waals surface area contributed by atoms with Crippen LogP contribution in [0.25, 0.3) is 0 Å². The Balaban J connectivity index is 1.88. The molecule has 0 radical (unpaired) electrons. The lowest BCUT2D eigenvalue weighted by atomic mass is 10.3. The van der Waals surface area contributed by atoms with Crippen LogP contribution < -0.4 is 5.32 Å². The Hall–Kier alpha value is -0.540. The van der Waals surface area contributed by atoms with Crippen LogP contribution in [0.1, 0.15) is 19.3 Å². The van der Waals surface area contributed by atoms with E-state index < -0.39 is 0 Å². The second kappa shape index (κ2) is 4.80. The van der Waals surface area contributed by atoms with E-state index in [0.29, 0.717) is 0 Å². The van der Waals surface area contributed by atoms with E-state index in [4.69, 9.17) is 0 Å². The topological polar surface area (TPSA) is 24.9 Å². The van der Waals surface area contributed by atoms with E-state index in [0.717, 1.165) is 11.3 Å². The minimum atomic E-state index is 0.731. The third-order valence-electron chi connectivity index (χ3n) is 2.75. The molecule has 0 aromatic carbocycles. The molecule has 1 aromatic heterocycles. The zero-order valence-corrected chi connectivity index (χ0v) is 9.26. The first-order chi connectivity index (χ1) is 6.88. The van der Waals surface area contributed by atoms with Crippen LogP contribution in [-0.2, 0) is 0 Å². The smallest absolute Gasteiger partial charge is 0.0278 e. The first-order valence-corrected chi connectivity index (χ1v) is 6.00. The molecule has 2 unspecified atom stereocenters. The van der Waals surface area contributed by atoms with Crippen molar-refractivity contribution in [2.75, 3.05) is 7.05 Å². The van der Waals surface area contributed by atoms with Crippen molar-refractivity contribution >= 4 is 11.8 Å². The van der Waals surface area contributed by atoms with Gasteiger partial charge in [-0.1, -0.05) is 0 Å². The van der Waals surface area contributed by atoms with Gasteiger partial charge in [0.15, 0.2) is 0 Å². The number of thioether (sulfide) groups is 1. The standard InChI is InChI=1S/C11H16N2S/c1-12-9-2-3-11(8-9)14-10-4-6-13-7-5-10/h4-7,9,11-12H,2-3,8H2,1H3. The molecule has 2 atom stereocenters. The lowest BCUT2D eigenvalue weighted by molar-refractivity contribution is 0.583. The van der Waals surface area contributed by atoms with Crippen molar-refractivity contribution in [1.29, 1.82) is 0 Å². The monoisotopic (exact) mass is 208 g/mol. The van der Waals surface area contributed by atoms with Gasteiger partial charge in [-0.3, -0.25) is 4.98 Å². The summed E-state index contributed by atoms with van der Waals surface area (Å²) in [5.74, 6) is 0. The van der Waals surface area contributed by atoms with Crippen LogP contribution in [0.2, 0.25) is 0 Å². The average Bonchev–Trinajstić information content (AvgIpc) is 2.67. The molecule has 2 rings (SSSR count). The third kappa shape index (κ3) is 2.49. The summed E-state index contributed by atoms with van der Waals surface area (Å²) >= 11 is 1.99. The van der Waals surface area contributed by atoms with E-state index in [1.807, 2.05) is 24.2 Å². The van der Waals surface area contributed by atoms with Gasteiger partial charge in [0.25, 0.3) is 0 Å². The molecule has 14 heavy (non-hydrogen) atoms. The maximum atomic E-state index is 4.03. The average molecular weight is 208 g/mol. The van der Waals surface area contributed by atoms with Gasteiger partial charge in [-0.05, 0) is 38.4 Å². The summed E-state index contributed by atoms with van der Waals surface area (Å²) in [5, 5.41) is 4.14. The van der Waals surface area contributed by atoms with Gasteiger partial charge in [0.2, 0.25) is 0 Å². The predicted octanol–water partition coefficient (Wildman–Crippen LogP) is 2.31. The lowest BCUT2D eigenvalue weighted by Crippen LogP contribution is -2.21. The van der Waals surface area contributed by atoms with Crippen molar-refractivity contribution in [1.82, 2.24) is 10.3 Å². The maximum absolute atomic E-state index is 4.03. The van der Waals surface area contributed by atoms with Crippen molar-refractivity contribution in [2.45, 2.75) is 35.4 Å². The highest BCUT2D eigenvalue weighted by Gasteiger charge is 2.23. The van der Waals surface area contributed by atoms with Gasteiger partial charge in [0, 0.05) is 28.6 Å². The molecule has 1 aliphatic rings. The Labute approximate surface area is 89.5 Å². The first kappa shape index (κ1) is 9.99. The molecular weight excluding hydrogens is 192 g/mol. The highest BCUT2D eigenvalue weighted by Crippen LogP contribution is 2.34. The predicted molar refractivity (Wildman–Crippen MR) is 60.6 cm³/mol. The van der Waals surface area contributed by atoms with Crippen LogP contribution in [0.15, 0.2) is 29.4 Å². The summed E-state index contributed by atoms with van der Waals surface area (Å²) in [4.78, 5) is 5.37. The molecule has 0 saturated heterocycles. The van der Waals surface area contributed by atoms with E-state index in [-0.39, 0.29) is 0 Å². The summed E-state index contributed by atoms with van der Waals surface area (Å²) in [6.07, 6.45) is 7.68. The van der Waals surface area contributed by atoms with Gasteiger partial charge >= 0.3 is 0 Å². The van der Waals surface area contributed by atoms with E-state index in [2.05, 4.69) is 29.5 Å². The Kier molecular flexibility index (Phi) is 3.43. The van der Waals surface area contributed by atoms with Crippen molar-refractivity contribution in [3.63, 3.8) is 0 Å². The minimum absolute atomic E-state index is 0.731. The number of hydrogen-bond acceptors (Lipinski definition) is 3. The molecule has 1 aliphatic carbocycles. The quantitative estimate of drug-likeness (QED) is 0.825. The molecule has 76 valence electrons. The molecule has 1 aromatic rings. The molecule has 1 saturated carbocycles. The number of rotatable bonds is 3. The molecule has 0 spiro atoms. The Morgan fingerprint density at radius 2 is 2.14 bits per heavy atom. The van der Waals surface area contributed by atoms with Crippen molar-refractivity contribution in [2.24, 2.45) is 0 Å². The van der Waals surface area contributed by atoms with Gasteiger partial charge < -0.3 is 5.32 Å². The second-order valence-corrected chi connectivity index (χ2v) is 5.10. The van der Waals surface area contributed by atoms with Crippen molar-refractivity contribution < 1.29 is 0 Å². The molecule has 1 N–H and O–H groups in total. The van der Waals surface area contributed by atoms with E-state index in [1.54, 1.807) is 0 Å². The molecule has 1 heterocycles. The Bertz CT molecular complexity index is 276. The number of nitrogens with one attached hydrogen (secondary N) is 1. The number of nitrogens with zero attached hydrogens (tertiary/aromatic N) is 1. The number of aromatic nitrogens is 1. The molecule has 2 nitrogen and oxygen atoms in total. The first-order valence-electron chi connectivity index (χ1n) is 5.12. The van der Waals surface area contributed by atoms with Crippen molar-refractivity contribution in [3.05, 3.63) is 24.5 Å². The summed E-state index contributed by atoms with van der Waals surface area (Å²) in [6, 6.07) is 4.92.